The number of aromatic nitrogens is 2. The van der Waals surface area contributed by atoms with E-state index in [-0.39, 0.29) is 21.9 Å². The van der Waals surface area contributed by atoms with Crippen molar-refractivity contribution in [3.05, 3.63) is 75.8 Å². The molecule has 0 spiro atoms. The van der Waals surface area contributed by atoms with Gasteiger partial charge in [-0.2, -0.15) is 18.3 Å². The topological polar surface area (TPSA) is 140 Å². The number of alkyl halides is 3. The SMILES string of the molecule is COc1cccc2c1c(CS(=O)(=O)c1ccc(Cl)s1)nn2Cc1cccc(CNC(=O)[C@H]2CCCCN2)c1.O=C(O)C(F)(F)F. The van der Waals surface area contributed by atoms with Gasteiger partial charge >= 0.3 is 12.1 Å². The van der Waals surface area contributed by atoms with E-state index in [0.29, 0.717) is 34.3 Å². The molecule has 242 valence electrons. The number of aliphatic carboxylic acids is 1. The fourth-order valence-corrected chi connectivity index (χ4v) is 7.63. The van der Waals surface area contributed by atoms with Gasteiger partial charge in [-0.05, 0) is 54.8 Å². The number of rotatable bonds is 9. The Hall–Kier alpha value is -3.66. The molecule has 1 saturated heterocycles. The molecule has 3 heterocycles. The predicted molar refractivity (Wildman–Crippen MR) is 163 cm³/mol. The predicted octanol–water partition coefficient (Wildman–Crippen LogP) is 5.17. The van der Waals surface area contributed by atoms with Crippen molar-refractivity contribution >= 4 is 55.6 Å². The highest BCUT2D eigenvalue weighted by atomic mass is 35.5. The summed E-state index contributed by atoms with van der Waals surface area (Å²) in [5.74, 6) is -2.43. The minimum absolute atomic E-state index is 0.0261. The first-order valence-corrected chi connectivity index (χ1v) is 16.5. The fourth-order valence-electron chi connectivity index (χ4n) is 4.78. The first-order valence-electron chi connectivity index (χ1n) is 13.7. The molecule has 2 aromatic carbocycles. The Morgan fingerprint density at radius 3 is 2.49 bits per heavy atom. The number of carboxylic acids is 1. The first-order chi connectivity index (χ1) is 21.3. The van der Waals surface area contributed by atoms with Crippen molar-refractivity contribution in [1.82, 2.24) is 20.4 Å². The highest BCUT2D eigenvalue weighted by molar-refractivity contribution is 7.92. The quantitative estimate of drug-likeness (QED) is 0.219. The number of nitrogens with zero attached hydrogens (tertiary/aromatic N) is 2. The van der Waals surface area contributed by atoms with Crippen LogP contribution in [0.1, 0.15) is 36.1 Å². The molecule has 0 saturated carbocycles. The summed E-state index contributed by atoms with van der Waals surface area (Å²) in [5.41, 5.74) is 3.17. The smallest absolute Gasteiger partial charge is 0.490 e. The van der Waals surface area contributed by atoms with Crippen LogP contribution in [0.15, 0.2) is 58.8 Å². The van der Waals surface area contributed by atoms with Crippen molar-refractivity contribution in [3.63, 3.8) is 0 Å². The van der Waals surface area contributed by atoms with E-state index in [1.165, 1.54) is 6.07 Å². The van der Waals surface area contributed by atoms with E-state index in [1.807, 2.05) is 36.4 Å². The summed E-state index contributed by atoms with van der Waals surface area (Å²) in [6.07, 6.45) is -2.05. The molecule has 2 aromatic heterocycles. The van der Waals surface area contributed by atoms with E-state index in [9.17, 15) is 26.4 Å². The Morgan fingerprint density at radius 1 is 1.16 bits per heavy atom. The first kappa shape index (κ1) is 34.2. The monoisotopic (exact) mass is 686 g/mol. The Balaban J connectivity index is 0.000000591. The molecular formula is C29H30ClF3N4O6S2. The molecule has 1 fully saturated rings. The molecule has 1 amide bonds. The fraction of sp³-hybridized carbons (Fsp3) is 0.345. The van der Waals surface area contributed by atoms with Gasteiger partial charge in [0.15, 0.2) is 9.84 Å². The summed E-state index contributed by atoms with van der Waals surface area (Å²) in [4.78, 5) is 21.4. The Labute approximate surface area is 266 Å². The molecule has 5 rings (SSSR count). The number of amides is 1. The van der Waals surface area contributed by atoms with Crippen LogP contribution in [-0.2, 0) is 38.3 Å². The van der Waals surface area contributed by atoms with Crippen molar-refractivity contribution in [2.24, 2.45) is 0 Å². The maximum absolute atomic E-state index is 13.1. The highest BCUT2D eigenvalue weighted by Gasteiger charge is 2.38. The molecule has 45 heavy (non-hydrogen) atoms. The second-order valence-corrected chi connectivity index (χ2v) is 14.1. The zero-order valence-electron chi connectivity index (χ0n) is 23.9. The van der Waals surface area contributed by atoms with Crippen LogP contribution in [0.5, 0.6) is 5.75 Å². The number of fused-ring (bicyclic) bond motifs is 1. The summed E-state index contributed by atoms with van der Waals surface area (Å²) < 4.78 is 66.0. The number of hydrogen-bond acceptors (Lipinski definition) is 8. The number of carboxylic acid groups (broad SMARTS) is 1. The van der Waals surface area contributed by atoms with E-state index in [4.69, 9.17) is 31.3 Å². The molecular weight excluding hydrogens is 657 g/mol. The molecule has 1 atom stereocenters. The van der Waals surface area contributed by atoms with E-state index < -0.39 is 22.0 Å². The minimum Gasteiger partial charge on any atom is -0.496 e. The van der Waals surface area contributed by atoms with Gasteiger partial charge in [0.25, 0.3) is 0 Å². The number of ether oxygens (including phenoxy) is 1. The van der Waals surface area contributed by atoms with Gasteiger partial charge in [-0.25, -0.2) is 13.2 Å². The average Bonchev–Trinajstić information content (AvgIpc) is 3.60. The van der Waals surface area contributed by atoms with E-state index in [1.54, 1.807) is 23.9 Å². The highest BCUT2D eigenvalue weighted by Crippen LogP contribution is 2.33. The molecule has 0 bridgehead atoms. The van der Waals surface area contributed by atoms with Crippen LogP contribution in [0.4, 0.5) is 13.2 Å². The van der Waals surface area contributed by atoms with Crippen molar-refractivity contribution in [2.75, 3.05) is 13.7 Å². The van der Waals surface area contributed by atoms with Crippen LogP contribution in [-0.4, -0.2) is 61.1 Å². The third-order valence-electron chi connectivity index (χ3n) is 6.87. The number of halogens is 4. The Bertz CT molecular complexity index is 1770. The largest absolute Gasteiger partial charge is 0.496 e. The number of carbonyl (C=O) groups is 2. The third kappa shape index (κ3) is 8.96. The zero-order chi connectivity index (χ0) is 32.8. The van der Waals surface area contributed by atoms with Gasteiger partial charge in [-0.1, -0.05) is 48.4 Å². The molecule has 0 radical (unpaired) electrons. The van der Waals surface area contributed by atoms with Gasteiger partial charge in [-0.3, -0.25) is 9.48 Å². The number of sulfone groups is 1. The van der Waals surface area contributed by atoms with Gasteiger partial charge in [0, 0.05) is 6.54 Å². The molecule has 3 N–H and O–H groups in total. The molecule has 0 unspecified atom stereocenters. The summed E-state index contributed by atoms with van der Waals surface area (Å²) in [7, 11) is -2.08. The summed E-state index contributed by atoms with van der Waals surface area (Å²) in [6, 6.07) is 16.5. The number of nitrogens with one attached hydrogen (secondary N) is 2. The Kier molecular flexibility index (Phi) is 11.1. The molecule has 4 aromatic rings. The third-order valence-corrected chi connectivity index (χ3v) is 10.3. The van der Waals surface area contributed by atoms with E-state index >= 15 is 0 Å². The number of methoxy groups -OCH3 is 1. The van der Waals surface area contributed by atoms with Crippen molar-refractivity contribution in [2.45, 2.75) is 54.5 Å². The molecule has 10 nitrogen and oxygen atoms in total. The van der Waals surface area contributed by atoms with Crippen LogP contribution in [0.3, 0.4) is 0 Å². The van der Waals surface area contributed by atoms with Crippen LogP contribution >= 0.6 is 22.9 Å². The lowest BCUT2D eigenvalue weighted by Crippen LogP contribution is -2.46. The second kappa shape index (κ2) is 14.6. The summed E-state index contributed by atoms with van der Waals surface area (Å²) >= 11 is 7.02. The van der Waals surface area contributed by atoms with Gasteiger partial charge in [0.05, 0.1) is 40.6 Å². The van der Waals surface area contributed by atoms with Gasteiger partial charge < -0.3 is 20.5 Å². The number of benzene rings is 2. The minimum atomic E-state index is -5.08. The number of carbonyl (C=O) groups excluding carboxylic acids is 1. The van der Waals surface area contributed by atoms with Crippen molar-refractivity contribution in [1.29, 1.82) is 0 Å². The molecule has 1 aliphatic rings. The lowest BCUT2D eigenvalue weighted by atomic mass is 10.0. The van der Waals surface area contributed by atoms with E-state index in [0.717, 1.165) is 53.8 Å². The zero-order valence-corrected chi connectivity index (χ0v) is 26.3. The maximum Gasteiger partial charge on any atom is 0.490 e. The normalized spacial score (nSPS) is 15.3. The van der Waals surface area contributed by atoms with E-state index in [2.05, 4.69) is 10.6 Å². The lowest BCUT2D eigenvalue weighted by Gasteiger charge is -2.22. The average molecular weight is 687 g/mol. The lowest BCUT2D eigenvalue weighted by molar-refractivity contribution is -0.192. The number of thiophene rings is 1. The van der Waals surface area contributed by atoms with Gasteiger partial charge in [0.1, 0.15) is 15.7 Å². The number of hydrogen-bond donors (Lipinski definition) is 3. The number of piperidine rings is 1. The van der Waals surface area contributed by atoms with Gasteiger partial charge in [-0.15, -0.1) is 11.3 Å². The molecule has 0 aliphatic carbocycles. The standard InChI is InChI=1S/C27H29ClN4O4S2.C2HF3O2/c1-36-23-10-5-9-22-26(23)21(17-38(34,35)25-12-11-24(28)37-25)31-32(22)16-19-7-4-6-18(14-19)15-30-27(33)20-8-2-3-13-29-20;3-2(4,5)1(6)7/h4-7,9-12,14,20,29H,2-3,8,13,15-17H2,1H3,(H,30,33);(H,6,7)/t20-;/m1./s1. The van der Waals surface area contributed by atoms with Crippen LogP contribution < -0.4 is 15.4 Å². The van der Waals surface area contributed by atoms with Crippen molar-refractivity contribution < 1.29 is 41.0 Å². The van der Waals surface area contributed by atoms with Crippen LogP contribution in [0, 0.1) is 0 Å². The summed E-state index contributed by atoms with van der Waals surface area (Å²) in [6.45, 7) is 1.74. The van der Waals surface area contributed by atoms with Crippen molar-refractivity contribution in [3.8, 4) is 5.75 Å². The van der Waals surface area contributed by atoms with Crippen LogP contribution in [0.25, 0.3) is 10.9 Å². The maximum atomic E-state index is 13.1. The van der Waals surface area contributed by atoms with Crippen LogP contribution in [0.2, 0.25) is 4.34 Å². The molecule has 1 aliphatic heterocycles. The Morgan fingerprint density at radius 2 is 1.87 bits per heavy atom. The van der Waals surface area contributed by atoms with Gasteiger partial charge in [0.2, 0.25) is 5.91 Å². The molecule has 16 heteroatoms. The second-order valence-electron chi connectivity index (χ2n) is 10.1. The summed E-state index contributed by atoms with van der Waals surface area (Å²) in [5, 5.41) is 18.8.